The minimum Gasteiger partial charge on any atom is -0.115 e. The van der Waals surface area contributed by atoms with Gasteiger partial charge in [0.1, 0.15) is 0 Å². The summed E-state index contributed by atoms with van der Waals surface area (Å²) in [6.07, 6.45) is 8.67. The molecule has 1 rings (SSSR count). The third-order valence-electron chi connectivity index (χ3n) is 2.02. The molecule has 0 spiro atoms. The first-order valence-electron chi connectivity index (χ1n) is 4.53. The van der Waals surface area contributed by atoms with Crippen molar-refractivity contribution >= 4 is 11.6 Å². The van der Waals surface area contributed by atoms with E-state index < -0.39 is 0 Å². The van der Waals surface area contributed by atoms with Crippen LogP contribution in [0.4, 0.5) is 0 Å². The molecular formula is C12H13Cl. The summed E-state index contributed by atoms with van der Waals surface area (Å²) >= 11 is 6.05. The molecule has 0 saturated carbocycles. The van der Waals surface area contributed by atoms with Crippen molar-refractivity contribution in [3.8, 4) is 12.3 Å². The molecule has 0 amide bonds. The predicted molar refractivity (Wildman–Crippen MR) is 58.0 cm³/mol. The van der Waals surface area contributed by atoms with Gasteiger partial charge in [-0.15, -0.1) is 6.42 Å². The molecule has 0 N–H and O–H groups in total. The summed E-state index contributed by atoms with van der Waals surface area (Å²) in [6.45, 7) is 2.17. The van der Waals surface area contributed by atoms with Gasteiger partial charge in [-0.2, -0.15) is 0 Å². The largest absolute Gasteiger partial charge is 0.115 e. The Bertz CT molecular complexity index is 320. The Morgan fingerprint density at radius 1 is 1.46 bits per heavy atom. The third kappa shape index (κ3) is 2.79. The maximum Gasteiger partial charge on any atom is 0.0450 e. The minimum atomic E-state index is 0.795. The van der Waals surface area contributed by atoms with E-state index >= 15 is 0 Å². The molecule has 0 nitrogen and oxygen atoms in total. The molecule has 0 aliphatic carbocycles. The normalized spacial score (nSPS) is 9.62. The van der Waals surface area contributed by atoms with Crippen LogP contribution in [0, 0.1) is 12.3 Å². The molecule has 0 saturated heterocycles. The Kier molecular flexibility index (Phi) is 3.86. The third-order valence-corrected chi connectivity index (χ3v) is 2.37. The van der Waals surface area contributed by atoms with E-state index in [9.17, 15) is 0 Å². The van der Waals surface area contributed by atoms with Crippen LogP contribution in [0.1, 0.15) is 30.9 Å². The van der Waals surface area contributed by atoms with Crippen LogP contribution in [0.5, 0.6) is 0 Å². The fourth-order valence-corrected chi connectivity index (χ4v) is 1.48. The molecule has 0 unspecified atom stereocenters. The standard InChI is InChI=1S/C12H13Cl/c1-3-5-6-11-8-7-10(4-2)9-12(11)13/h2,7-9H,3,5-6H2,1H3. The van der Waals surface area contributed by atoms with Crippen LogP contribution >= 0.6 is 11.6 Å². The topological polar surface area (TPSA) is 0 Å². The van der Waals surface area contributed by atoms with E-state index in [0.717, 1.165) is 17.0 Å². The zero-order valence-electron chi connectivity index (χ0n) is 7.81. The average Bonchev–Trinajstić information content (AvgIpc) is 2.16. The Morgan fingerprint density at radius 3 is 2.77 bits per heavy atom. The monoisotopic (exact) mass is 192 g/mol. The van der Waals surface area contributed by atoms with Gasteiger partial charge in [-0.05, 0) is 30.5 Å². The highest BCUT2D eigenvalue weighted by Gasteiger charge is 1.99. The van der Waals surface area contributed by atoms with Crippen molar-refractivity contribution in [1.82, 2.24) is 0 Å². The lowest BCUT2D eigenvalue weighted by atomic mass is 10.1. The number of benzene rings is 1. The van der Waals surface area contributed by atoms with Crippen LogP contribution in [0.3, 0.4) is 0 Å². The van der Waals surface area contributed by atoms with E-state index in [1.54, 1.807) is 0 Å². The molecule has 68 valence electrons. The fraction of sp³-hybridized carbons (Fsp3) is 0.333. The van der Waals surface area contributed by atoms with Crippen molar-refractivity contribution in [2.75, 3.05) is 0 Å². The first kappa shape index (κ1) is 10.2. The quantitative estimate of drug-likeness (QED) is 0.642. The summed E-state index contributed by atoms with van der Waals surface area (Å²) in [5, 5.41) is 0.795. The lowest BCUT2D eigenvalue weighted by Gasteiger charge is -2.03. The average molecular weight is 193 g/mol. The summed E-state index contributed by atoms with van der Waals surface area (Å²) in [7, 11) is 0. The number of hydrogen-bond acceptors (Lipinski definition) is 0. The van der Waals surface area contributed by atoms with Crippen LogP contribution < -0.4 is 0 Å². The predicted octanol–water partition coefficient (Wildman–Crippen LogP) is 3.66. The van der Waals surface area contributed by atoms with Gasteiger partial charge in [-0.3, -0.25) is 0 Å². The zero-order valence-corrected chi connectivity index (χ0v) is 8.56. The highest BCUT2D eigenvalue weighted by Crippen LogP contribution is 2.19. The molecule has 0 heterocycles. The van der Waals surface area contributed by atoms with E-state index in [4.69, 9.17) is 18.0 Å². The molecule has 0 atom stereocenters. The van der Waals surface area contributed by atoms with Gasteiger partial charge in [0.05, 0.1) is 0 Å². The molecule has 0 aliphatic heterocycles. The minimum absolute atomic E-state index is 0.795. The molecule has 13 heavy (non-hydrogen) atoms. The number of aryl methyl sites for hydroxylation is 1. The second-order valence-electron chi connectivity index (χ2n) is 3.05. The van der Waals surface area contributed by atoms with Crippen LogP contribution in [0.2, 0.25) is 5.02 Å². The van der Waals surface area contributed by atoms with Crippen molar-refractivity contribution in [3.63, 3.8) is 0 Å². The van der Waals surface area contributed by atoms with Crippen molar-refractivity contribution in [2.45, 2.75) is 26.2 Å². The smallest absolute Gasteiger partial charge is 0.0450 e. The van der Waals surface area contributed by atoms with Gasteiger partial charge in [-0.1, -0.05) is 36.9 Å². The Morgan fingerprint density at radius 2 is 2.23 bits per heavy atom. The van der Waals surface area contributed by atoms with Gasteiger partial charge in [0.2, 0.25) is 0 Å². The SMILES string of the molecule is C#Cc1ccc(CCCC)c(Cl)c1. The van der Waals surface area contributed by atoms with Gasteiger partial charge < -0.3 is 0 Å². The summed E-state index contributed by atoms with van der Waals surface area (Å²) < 4.78 is 0. The summed E-state index contributed by atoms with van der Waals surface area (Å²) in [5.41, 5.74) is 2.05. The summed E-state index contributed by atoms with van der Waals surface area (Å²) in [4.78, 5) is 0. The fourth-order valence-electron chi connectivity index (χ4n) is 1.21. The highest BCUT2D eigenvalue weighted by molar-refractivity contribution is 6.31. The molecule has 0 fully saturated rings. The number of halogens is 1. The van der Waals surface area contributed by atoms with E-state index in [1.165, 1.54) is 18.4 Å². The zero-order chi connectivity index (χ0) is 9.68. The van der Waals surface area contributed by atoms with E-state index in [1.807, 2.05) is 18.2 Å². The number of hydrogen-bond donors (Lipinski definition) is 0. The Hall–Kier alpha value is -0.930. The van der Waals surface area contributed by atoms with Crippen LogP contribution in [0.25, 0.3) is 0 Å². The maximum atomic E-state index is 6.05. The first-order valence-corrected chi connectivity index (χ1v) is 4.90. The van der Waals surface area contributed by atoms with Crippen molar-refractivity contribution in [2.24, 2.45) is 0 Å². The van der Waals surface area contributed by atoms with E-state index in [0.29, 0.717) is 0 Å². The van der Waals surface area contributed by atoms with Crippen molar-refractivity contribution < 1.29 is 0 Å². The second kappa shape index (κ2) is 4.94. The Labute approximate surface area is 84.9 Å². The molecule has 0 aromatic heterocycles. The molecular weight excluding hydrogens is 180 g/mol. The van der Waals surface area contributed by atoms with Gasteiger partial charge >= 0.3 is 0 Å². The highest BCUT2D eigenvalue weighted by atomic mass is 35.5. The molecule has 1 heteroatoms. The molecule has 1 aromatic carbocycles. The number of terminal acetylenes is 1. The van der Waals surface area contributed by atoms with Crippen molar-refractivity contribution in [3.05, 3.63) is 34.3 Å². The van der Waals surface area contributed by atoms with E-state index in [-0.39, 0.29) is 0 Å². The first-order chi connectivity index (χ1) is 6.27. The Balaban J connectivity index is 2.81. The van der Waals surface area contributed by atoms with Crippen LogP contribution in [-0.2, 0) is 6.42 Å². The van der Waals surface area contributed by atoms with Crippen LogP contribution in [-0.4, -0.2) is 0 Å². The van der Waals surface area contributed by atoms with E-state index in [2.05, 4.69) is 12.8 Å². The molecule has 0 bridgehead atoms. The van der Waals surface area contributed by atoms with Gasteiger partial charge in [0, 0.05) is 10.6 Å². The summed E-state index contributed by atoms with van der Waals surface area (Å²) in [5.74, 6) is 2.57. The van der Waals surface area contributed by atoms with Gasteiger partial charge in [0.15, 0.2) is 0 Å². The van der Waals surface area contributed by atoms with Gasteiger partial charge in [0.25, 0.3) is 0 Å². The number of unbranched alkanes of at least 4 members (excludes halogenated alkanes) is 1. The summed E-state index contributed by atoms with van der Waals surface area (Å²) in [6, 6.07) is 5.82. The lowest BCUT2D eigenvalue weighted by Crippen LogP contribution is -1.87. The molecule has 0 radical (unpaired) electrons. The second-order valence-corrected chi connectivity index (χ2v) is 3.46. The molecule has 1 aromatic rings. The maximum absolute atomic E-state index is 6.05. The van der Waals surface area contributed by atoms with Crippen molar-refractivity contribution in [1.29, 1.82) is 0 Å². The number of rotatable bonds is 3. The van der Waals surface area contributed by atoms with Gasteiger partial charge in [-0.25, -0.2) is 0 Å². The lowest BCUT2D eigenvalue weighted by molar-refractivity contribution is 0.795. The molecule has 0 aliphatic rings. The van der Waals surface area contributed by atoms with Crippen LogP contribution in [0.15, 0.2) is 18.2 Å².